The molecule has 2 heterocycles. The van der Waals surface area contributed by atoms with Gasteiger partial charge in [-0.05, 0) is 44.5 Å². The first-order valence-electron chi connectivity index (χ1n) is 9.90. The number of ether oxygens (including phenoxy) is 3. The highest BCUT2D eigenvalue weighted by molar-refractivity contribution is 5.94. The van der Waals surface area contributed by atoms with Crippen LogP contribution in [0, 0.1) is 5.82 Å². The quantitative estimate of drug-likeness (QED) is 0.693. The Morgan fingerprint density at radius 2 is 2.10 bits per heavy atom. The van der Waals surface area contributed by atoms with Crippen LogP contribution in [0.5, 0.6) is 17.2 Å². The number of carbonyl (C=O) groups is 2. The minimum absolute atomic E-state index is 0.00422. The summed E-state index contributed by atoms with van der Waals surface area (Å²) in [7, 11) is 1.61. The Kier molecular flexibility index (Phi) is 5.24. The number of benzene rings is 2. The summed E-state index contributed by atoms with van der Waals surface area (Å²) in [4.78, 5) is 25.5. The van der Waals surface area contributed by atoms with Crippen LogP contribution < -0.4 is 9.47 Å². The van der Waals surface area contributed by atoms with Crippen molar-refractivity contribution in [3.63, 3.8) is 0 Å². The zero-order valence-corrected chi connectivity index (χ0v) is 17.2. The van der Waals surface area contributed by atoms with Crippen molar-refractivity contribution in [2.45, 2.75) is 38.4 Å². The van der Waals surface area contributed by atoms with Gasteiger partial charge in [0.1, 0.15) is 35.0 Å². The second-order valence-electron chi connectivity index (χ2n) is 8.29. The topological polar surface area (TPSA) is 65.1 Å². The molecule has 0 saturated carbocycles. The van der Waals surface area contributed by atoms with E-state index in [9.17, 15) is 14.0 Å². The fourth-order valence-electron chi connectivity index (χ4n) is 3.96. The van der Waals surface area contributed by atoms with E-state index in [4.69, 9.17) is 14.2 Å². The van der Waals surface area contributed by atoms with Crippen LogP contribution in [0.4, 0.5) is 4.39 Å². The first kappa shape index (κ1) is 20.3. The lowest BCUT2D eigenvalue weighted by Crippen LogP contribution is -2.30. The third kappa shape index (κ3) is 3.89. The van der Waals surface area contributed by atoms with Crippen molar-refractivity contribution in [1.82, 2.24) is 4.90 Å². The number of likely N-dealkylation sites (tertiary alicyclic amines) is 1. The Hall–Kier alpha value is -2.93. The van der Waals surface area contributed by atoms with E-state index in [0.29, 0.717) is 42.9 Å². The van der Waals surface area contributed by atoms with Crippen LogP contribution in [0.15, 0.2) is 30.3 Å². The van der Waals surface area contributed by atoms with Crippen molar-refractivity contribution in [1.29, 1.82) is 0 Å². The smallest absolute Gasteiger partial charge is 0.256 e. The molecule has 2 aromatic carbocycles. The average Bonchev–Trinajstić information content (AvgIpc) is 3.30. The summed E-state index contributed by atoms with van der Waals surface area (Å²) in [5.74, 6) is 0.264. The number of aldehydes is 1. The molecule has 30 heavy (non-hydrogen) atoms. The summed E-state index contributed by atoms with van der Waals surface area (Å²) < 4.78 is 31.8. The maximum absolute atomic E-state index is 14.7. The molecule has 0 bridgehead atoms. The minimum Gasteiger partial charge on any atom is -0.487 e. The van der Waals surface area contributed by atoms with Crippen LogP contribution in [-0.2, 0) is 11.2 Å². The summed E-state index contributed by atoms with van der Waals surface area (Å²) in [6.07, 6.45) is 2.04. The van der Waals surface area contributed by atoms with Gasteiger partial charge in [-0.15, -0.1) is 0 Å². The Labute approximate surface area is 174 Å². The van der Waals surface area contributed by atoms with Gasteiger partial charge in [0.2, 0.25) is 0 Å². The molecular weight excluding hydrogens is 389 g/mol. The summed E-state index contributed by atoms with van der Waals surface area (Å²) in [5.41, 5.74) is 0.818. The summed E-state index contributed by atoms with van der Waals surface area (Å²) in [6, 6.07) is 7.47. The maximum Gasteiger partial charge on any atom is 0.256 e. The van der Waals surface area contributed by atoms with Gasteiger partial charge < -0.3 is 19.1 Å². The van der Waals surface area contributed by atoms with Gasteiger partial charge in [0.05, 0.1) is 11.7 Å². The van der Waals surface area contributed by atoms with Gasteiger partial charge in [-0.1, -0.05) is 0 Å². The zero-order chi connectivity index (χ0) is 21.5. The minimum atomic E-state index is -0.655. The van der Waals surface area contributed by atoms with Crippen molar-refractivity contribution in [3.8, 4) is 17.2 Å². The molecular formula is C23H24FNO5. The average molecular weight is 413 g/mol. The predicted molar refractivity (Wildman–Crippen MR) is 108 cm³/mol. The van der Waals surface area contributed by atoms with E-state index in [1.54, 1.807) is 30.2 Å². The number of fused-ring (bicyclic) bond motifs is 1. The Morgan fingerprint density at radius 3 is 2.77 bits per heavy atom. The number of hydrogen-bond donors (Lipinski definition) is 0. The molecule has 4 rings (SSSR count). The fourth-order valence-corrected chi connectivity index (χ4v) is 3.96. The van der Waals surface area contributed by atoms with Gasteiger partial charge in [0.15, 0.2) is 0 Å². The molecule has 2 aromatic rings. The van der Waals surface area contributed by atoms with Gasteiger partial charge in [0, 0.05) is 43.8 Å². The van der Waals surface area contributed by atoms with Crippen molar-refractivity contribution in [2.24, 2.45) is 0 Å². The molecule has 1 amide bonds. The molecule has 158 valence electrons. The molecule has 0 N–H and O–H groups in total. The van der Waals surface area contributed by atoms with E-state index in [-0.39, 0.29) is 23.3 Å². The standard InChI is InChI=1S/C23H24FNO5/c1-23(2)11-18-20(8-14(13-26)9-21(18)30-23)29-15-4-5-17(19(24)10-15)22(27)25-7-6-16(12-25)28-3/h4-5,8-10,13,16H,6-7,11-12H2,1-3H3/t16-/m0/s1. The monoisotopic (exact) mass is 413 g/mol. The number of carbonyl (C=O) groups excluding carboxylic acids is 2. The van der Waals surface area contributed by atoms with E-state index < -0.39 is 11.4 Å². The summed E-state index contributed by atoms with van der Waals surface area (Å²) in [5, 5.41) is 0. The van der Waals surface area contributed by atoms with Crippen molar-refractivity contribution in [3.05, 3.63) is 52.8 Å². The maximum atomic E-state index is 14.7. The van der Waals surface area contributed by atoms with Gasteiger partial charge in [-0.3, -0.25) is 9.59 Å². The van der Waals surface area contributed by atoms with Gasteiger partial charge in [-0.25, -0.2) is 4.39 Å². The lowest BCUT2D eigenvalue weighted by atomic mass is 10.00. The van der Waals surface area contributed by atoms with Crippen LogP contribution in [0.2, 0.25) is 0 Å². The van der Waals surface area contributed by atoms with Gasteiger partial charge >= 0.3 is 0 Å². The molecule has 1 saturated heterocycles. The number of nitrogens with zero attached hydrogens (tertiary/aromatic N) is 1. The van der Waals surface area contributed by atoms with Gasteiger partial charge in [0.25, 0.3) is 5.91 Å². The molecule has 0 radical (unpaired) electrons. The molecule has 0 unspecified atom stereocenters. The molecule has 2 aliphatic rings. The highest BCUT2D eigenvalue weighted by atomic mass is 19.1. The molecule has 7 heteroatoms. The zero-order valence-electron chi connectivity index (χ0n) is 17.2. The Balaban J connectivity index is 1.57. The molecule has 6 nitrogen and oxygen atoms in total. The van der Waals surface area contributed by atoms with Crippen molar-refractivity contribution in [2.75, 3.05) is 20.2 Å². The first-order valence-corrected chi connectivity index (χ1v) is 9.90. The summed E-state index contributed by atoms with van der Waals surface area (Å²) in [6.45, 7) is 4.89. The molecule has 2 aliphatic heterocycles. The molecule has 1 fully saturated rings. The van der Waals surface area contributed by atoms with Crippen LogP contribution in [-0.4, -0.2) is 49.0 Å². The van der Waals surface area contributed by atoms with Crippen LogP contribution in [0.3, 0.4) is 0 Å². The van der Waals surface area contributed by atoms with Crippen LogP contribution in [0.1, 0.15) is 46.5 Å². The molecule has 0 aromatic heterocycles. The highest BCUT2D eigenvalue weighted by Crippen LogP contribution is 2.42. The van der Waals surface area contributed by atoms with E-state index >= 15 is 0 Å². The van der Waals surface area contributed by atoms with E-state index in [1.165, 1.54) is 12.1 Å². The SMILES string of the molecule is CO[C@H]1CCN(C(=O)c2ccc(Oc3cc(C=O)cc4c3CC(C)(C)O4)cc2F)C1. The third-order valence-corrected chi connectivity index (χ3v) is 5.48. The van der Waals surface area contributed by atoms with E-state index in [2.05, 4.69) is 0 Å². The number of amides is 1. The fraction of sp³-hybridized carbons (Fsp3) is 0.391. The number of halogens is 1. The normalized spacial score (nSPS) is 19.3. The highest BCUT2D eigenvalue weighted by Gasteiger charge is 2.33. The van der Waals surface area contributed by atoms with E-state index in [0.717, 1.165) is 12.0 Å². The lowest BCUT2D eigenvalue weighted by Gasteiger charge is -2.17. The van der Waals surface area contributed by atoms with Crippen LogP contribution >= 0.6 is 0 Å². The number of methoxy groups -OCH3 is 1. The Bertz CT molecular complexity index is 1000. The third-order valence-electron chi connectivity index (χ3n) is 5.48. The summed E-state index contributed by atoms with van der Waals surface area (Å²) >= 11 is 0. The first-order chi connectivity index (χ1) is 14.3. The molecule has 0 aliphatic carbocycles. The number of hydrogen-bond acceptors (Lipinski definition) is 5. The molecule has 1 atom stereocenters. The lowest BCUT2D eigenvalue weighted by molar-refractivity contribution is 0.0720. The Morgan fingerprint density at radius 1 is 1.30 bits per heavy atom. The number of rotatable bonds is 5. The van der Waals surface area contributed by atoms with Gasteiger partial charge in [-0.2, -0.15) is 0 Å². The second-order valence-corrected chi connectivity index (χ2v) is 8.29. The van der Waals surface area contributed by atoms with Crippen molar-refractivity contribution < 1.29 is 28.2 Å². The van der Waals surface area contributed by atoms with E-state index in [1.807, 2.05) is 13.8 Å². The van der Waals surface area contributed by atoms with Crippen molar-refractivity contribution >= 4 is 12.2 Å². The predicted octanol–water partition coefficient (Wildman–Crippen LogP) is 4.00. The second kappa shape index (κ2) is 7.72. The largest absolute Gasteiger partial charge is 0.487 e. The molecule has 0 spiro atoms. The van der Waals surface area contributed by atoms with Crippen LogP contribution in [0.25, 0.3) is 0 Å².